The van der Waals surface area contributed by atoms with Gasteiger partial charge in [-0.25, -0.2) is 10.3 Å². The molecule has 0 aliphatic heterocycles. The van der Waals surface area contributed by atoms with Crippen LogP contribution in [-0.2, 0) is 18.0 Å². The maximum Gasteiger partial charge on any atom is 0.341 e. The van der Waals surface area contributed by atoms with Crippen molar-refractivity contribution in [3.63, 3.8) is 0 Å². The van der Waals surface area contributed by atoms with Gasteiger partial charge in [-0.3, -0.25) is 4.84 Å². The molecule has 0 aliphatic carbocycles. The molecular weight excluding hydrogens is 258 g/mol. The number of rotatable bonds is 5. The quantitative estimate of drug-likeness (QED) is 0.850. The second kappa shape index (κ2) is 6.72. The summed E-state index contributed by atoms with van der Waals surface area (Å²) in [5.41, 5.74) is 4.07. The molecule has 20 heavy (non-hydrogen) atoms. The van der Waals surface area contributed by atoms with Crippen LogP contribution in [0.25, 0.3) is 0 Å². The van der Waals surface area contributed by atoms with Crippen LogP contribution in [0.15, 0.2) is 40.9 Å². The Morgan fingerprint density at radius 3 is 2.80 bits per heavy atom. The van der Waals surface area contributed by atoms with E-state index in [2.05, 4.69) is 10.6 Å². The molecule has 0 saturated heterocycles. The Labute approximate surface area is 117 Å². The Kier molecular flexibility index (Phi) is 4.73. The molecule has 1 N–H and O–H groups in total. The summed E-state index contributed by atoms with van der Waals surface area (Å²) < 4.78 is 4.94. The van der Waals surface area contributed by atoms with Crippen molar-refractivity contribution in [3.8, 4) is 0 Å². The lowest BCUT2D eigenvalue weighted by atomic mass is 10.2. The van der Waals surface area contributed by atoms with Gasteiger partial charge in [0.05, 0.1) is 13.2 Å². The first-order valence-electron chi connectivity index (χ1n) is 6.24. The molecule has 1 aromatic heterocycles. The summed E-state index contributed by atoms with van der Waals surface area (Å²) in [4.78, 5) is 18.4. The average Bonchev–Trinajstić information content (AvgIpc) is 2.85. The van der Waals surface area contributed by atoms with Crippen molar-refractivity contribution in [2.45, 2.75) is 20.1 Å². The van der Waals surface area contributed by atoms with Crippen LogP contribution in [0.4, 0.5) is 4.79 Å². The van der Waals surface area contributed by atoms with E-state index >= 15 is 0 Å². The number of carbonyl (C=O) groups is 1. The summed E-state index contributed by atoms with van der Waals surface area (Å²) in [5, 5.41) is 3.83. The van der Waals surface area contributed by atoms with Gasteiger partial charge in [0.25, 0.3) is 0 Å². The highest BCUT2D eigenvalue weighted by molar-refractivity contribution is 5.72. The number of hydrogen-bond donors (Lipinski definition) is 1. The molecule has 0 spiro atoms. The minimum Gasteiger partial charge on any atom is -0.361 e. The van der Waals surface area contributed by atoms with E-state index in [1.165, 1.54) is 4.90 Å². The summed E-state index contributed by atoms with van der Waals surface area (Å²) in [7, 11) is 1.66. The van der Waals surface area contributed by atoms with Gasteiger partial charge in [0.2, 0.25) is 0 Å². The number of hydrogen-bond acceptors (Lipinski definition) is 4. The fraction of sp³-hybridized carbons (Fsp3) is 0.286. The van der Waals surface area contributed by atoms with Crippen LogP contribution < -0.4 is 5.48 Å². The van der Waals surface area contributed by atoms with Crippen molar-refractivity contribution in [3.05, 3.63) is 53.4 Å². The second-order valence-electron chi connectivity index (χ2n) is 4.47. The topological polar surface area (TPSA) is 67.6 Å². The molecule has 1 heterocycles. The zero-order valence-electron chi connectivity index (χ0n) is 11.5. The SMILES string of the molecule is Cc1cc(CN(C)C(=O)NOCc2ccccc2)no1. The van der Waals surface area contributed by atoms with E-state index < -0.39 is 0 Å². The summed E-state index contributed by atoms with van der Waals surface area (Å²) >= 11 is 0. The molecule has 0 fully saturated rings. The van der Waals surface area contributed by atoms with Gasteiger partial charge in [-0.2, -0.15) is 0 Å². The van der Waals surface area contributed by atoms with Crippen molar-refractivity contribution < 1.29 is 14.2 Å². The van der Waals surface area contributed by atoms with Gasteiger partial charge >= 0.3 is 6.03 Å². The molecule has 2 rings (SSSR count). The number of urea groups is 1. The van der Waals surface area contributed by atoms with E-state index in [9.17, 15) is 4.79 Å². The number of aryl methyl sites for hydroxylation is 1. The van der Waals surface area contributed by atoms with Gasteiger partial charge in [0.1, 0.15) is 11.5 Å². The Balaban J connectivity index is 1.74. The fourth-order valence-electron chi connectivity index (χ4n) is 1.64. The highest BCUT2D eigenvalue weighted by Crippen LogP contribution is 2.04. The van der Waals surface area contributed by atoms with Crippen LogP contribution >= 0.6 is 0 Å². The number of amides is 2. The number of carbonyl (C=O) groups excluding carboxylic acids is 1. The monoisotopic (exact) mass is 275 g/mol. The maximum absolute atomic E-state index is 11.8. The molecule has 0 unspecified atom stereocenters. The van der Waals surface area contributed by atoms with Gasteiger partial charge < -0.3 is 9.42 Å². The highest BCUT2D eigenvalue weighted by Gasteiger charge is 2.11. The van der Waals surface area contributed by atoms with Gasteiger partial charge in [-0.1, -0.05) is 35.5 Å². The maximum atomic E-state index is 11.8. The van der Waals surface area contributed by atoms with E-state index in [4.69, 9.17) is 9.36 Å². The van der Waals surface area contributed by atoms with Gasteiger partial charge in [-0.15, -0.1) is 0 Å². The zero-order valence-corrected chi connectivity index (χ0v) is 11.5. The van der Waals surface area contributed by atoms with Crippen LogP contribution in [0.2, 0.25) is 0 Å². The standard InChI is InChI=1S/C14H17N3O3/c1-11-8-13(15-20-11)9-17(2)14(18)16-19-10-12-6-4-3-5-7-12/h3-8H,9-10H2,1-2H3,(H,16,18). The largest absolute Gasteiger partial charge is 0.361 e. The molecule has 0 atom stereocenters. The summed E-state index contributed by atoms with van der Waals surface area (Å²) in [6, 6.07) is 11.1. The molecule has 0 bridgehead atoms. The minimum atomic E-state index is -0.332. The Morgan fingerprint density at radius 1 is 1.40 bits per heavy atom. The molecule has 2 amide bonds. The number of nitrogens with one attached hydrogen (secondary N) is 1. The molecule has 1 aromatic carbocycles. The molecule has 2 aromatic rings. The smallest absolute Gasteiger partial charge is 0.341 e. The molecule has 0 aliphatic rings. The lowest BCUT2D eigenvalue weighted by molar-refractivity contribution is 0.0381. The third-order valence-corrected chi connectivity index (χ3v) is 2.66. The van der Waals surface area contributed by atoms with Crippen molar-refractivity contribution in [2.24, 2.45) is 0 Å². The normalized spacial score (nSPS) is 10.3. The lowest BCUT2D eigenvalue weighted by Crippen LogP contribution is -2.36. The van der Waals surface area contributed by atoms with Gasteiger partial charge in [-0.05, 0) is 12.5 Å². The molecule has 6 nitrogen and oxygen atoms in total. The van der Waals surface area contributed by atoms with Crippen molar-refractivity contribution in [1.82, 2.24) is 15.5 Å². The number of nitrogens with zero attached hydrogens (tertiary/aromatic N) is 2. The van der Waals surface area contributed by atoms with Crippen molar-refractivity contribution in [2.75, 3.05) is 7.05 Å². The summed E-state index contributed by atoms with van der Waals surface area (Å²) in [5.74, 6) is 0.717. The van der Waals surface area contributed by atoms with Crippen LogP contribution in [0, 0.1) is 6.92 Å². The third-order valence-electron chi connectivity index (χ3n) is 2.66. The highest BCUT2D eigenvalue weighted by atomic mass is 16.7. The summed E-state index contributed by atoms with van der Waals surface area (Å²) in [6.07, 6.45) is 0. The fourth-order valence-corrected chi connectivity index (χ4v) is 1.64. The van der Waals surface area contributed by atoms with Crippen molar-refractivity contribution >= 4 is 6.03 Å². The van der Waals surface area contributed by atoms with E-state index in [0.29, 0.717) is 24.6 Å². The molecule has 0 radical (unpaired) electrons. The van der Waals surface area contributed by atoms with E-state index in [0.717, 1.165) is 5.56 Å². The second-order valence-corrected chi connectivity index (χ2v) is 4.47. The minimum absolute atomic E-state index is 0.323. The van der Waals surface area contributed by atoms with Gasteiger partial charge in [0, 0.05) is 13.1 Å². The number of hydroxylamine groups is 1. The molecule has 6 heteroatoms. The molecule has 0 saturated carbocycles. The average molecular weight is 275 g/mol. The Bertz CT molecular complexity index is 554. The molecular formula is C14H17N3O3. The van der Waals surface area contributed by atoms with Gasteiger partial charge in [0.15, 0.2) is 0 Å². The van der Waals surface area contributed by atoms with Crippen molar-refractivity contribution in [1.29, 1.82) is 0 Å². The Morgan fingerprint density at radius 2 is 2.15 bits per heavy atom. The van der Waals surface area contributed by atoms with Crippen LogP contribution in [-0.4, -0.2) is 23.1 Å². The predicted octanol–water partition coefficient (Wildman–Crippen LogP) is 2.26. The van der Waals surface area contributed by atoms with E-state index in [1.54, 1.807) is 20.0 Å². The zero-order chi connectivity index (χ0) is 14.4. The predicted molar refractivity (Wildman–Crippen MR) is 72.5 cm³/mol. The first-order chi connectivity index (χ1) is 9.65. The lowest BCUT2D eigenvalue weighted by Gasteiger charge is -2.16. The number of aromatic nitrogens is 1. The summed E-state index contributed by atoms with van der Waals surface area (Å²) in [6.45, 7) is 2.49. The molecule has 106 valence electrons. The Hall–Kier alpha value is -2.34. The van der Waals surface area contributed by atoms with E-state index in [1.807, 2.05) is 30.3 Å². The van der Waals surface area contributed by atoms with Crippen LogP contribution in [0.3, 0.4) is 0 Å². The first-order valence-corrected chi connectivity index (χ1v) is 6.24. The first kappa shape index (κ1) is 14.1. The van der Waals surface area contributed by atoms with E-state index in [-0.39, 0.29) is 6.03 Å². The third kappa shape index (κ3) is 4.10. The van der Waals surface area contributed by atoms with Crippen LogP contribution in [0.1, 0.15) is 17.0 Å². The number of benzene rings is 1. The van der Waals surface area contributed by atoms with Crippen LogP contribution in [0.5, 0.6) is 0 Å².